The number of nitrogens with zero attached hydrogens (tertiary/aromatic N) is 1. The van der Waals surface area contributed by atoms with E-state index in [1.165, 1.54) is 13.3 Å². The highest BCUT2D eigenvalue weighted by Crippen LogP contribution is 2.30. The summed E-state index contributed by atoms with van der Waals surface area (Å²) in [5.74, 6) is 0.763. The highest BCUT2D eigenvalue weighted by molar-refractivity contribution is 5.70. The summed E-state index contributed by atoms with van der Waals surface area (Å²) in [5.41, 5.74) is 6.53. The summed E-state index contributed by atoms with van der Waals surface area (Å²) >= 11 is 0. The van der Waals surface area contributed by atoms with E-state index in [1.807, 2.05) is 30.3 Å². The van der Waals surface area contributed by atoms with Gasteiger partial charge in [0.25, 0.3) is 0 Å². The van der Waals surface area contributed by atoms with Gasteiger partial charge < -0.3 is 15.2 Å². The van der Waals surface area contributed by atoms with Crippen molar-refractivity contribution in [2.24, 2.45) is 5.73 Å². The van der Waals surface area contributed by atoms with Gasteiger partial charge in [-0.05, 0) is 0 Å². The molecule has 0 unspecified atom stereocenters. The van der Waals surface area contributed by atoms with E-state index in [1.54, 1.807) is 6.07 Å². The molecule has 18 heavy (non-hydrogen) atoms. The predicted molar refractivity (Wildman–Crippen MR) is 66.4 cm³/mol. The number of carbonyl (C=O) groups excluding carboxylic acids is 1. The van der Waals surface area contributed by atoms with Crippen molar-refractivity contribution >= 4 is 6.09 Å². The lowest BCUT2D eigenvalue weighted by atomic mass is 10.1. The quantitative estimate of drug-likeness (QED) is 0.898. The SMILES string of the molecule is COc1cc(OC(N)=O)cnc1-c1ccccc1. The Morgan fingerprint density at radius 2 is 2.00 bits per heavy atom. The number of hydrogen-bond acceptors (Lipinski definition) is 4. The van der Waals surface area contributed by atoms with Gasteiger partial charge in [0.1, 0.15) is 11.4 Å². The lowest BCUT2D eigenvalue weighted by molar-refractivity contribution is 0.210. The summed E-state index contributed by atoms with van der Waals surface area (Å²) in [4.78, 5) is 14.9. The minimum atomic E-state index is -0.883. The number of pyridine rings is 1. The number of hydrogen-bond donors (Lipinski definition) is 1. The fourth-order valence-corrected chi connectivity index (χ4v) is 1.57. The van der Waals surface area contributed by atoms with Gasteiger partial charge >= 0.3 is 6.09 Å². The summed E-state index contributed by atoms with van der Waals surface area (Å²) in [6, 6.07) is 11.1. The minimum absolute atomic E-state index is 0.249. The molecular formula is C13H12N2O3. The van der Waals surface area contributed by atoms with Crippen molar-refractivity contribution in [3.8, 4) is 22.8 Å². The first kappa shape index (κ1) is 11.9. The molecule has 1 heterocycles. The van der Waals surface area contributed by atoms with E-state index in [2.05, 4.69) is 4.98 Å². The molecule has 0 aliphatic heterocycles. The van der Waals surface area contributed by atoms with Crippen LogP contribution in [0.5, 0.6) is 11.5 Å². The third kappa shape index (κ3) is 2.57. The Balaban J connectivity index is 2.41. The van der Waals surface area contributed by atoms with E-state index >= 15 is 0 Å². The molecule has 2 aromatic rings. The number of nitrogens with two attached hydrogens (primary N) is 1. The zero-order valence-electron chi connectivity index (χ0n) is 9.79. The summed E-state index contributed by atoms with van der Waals surface area (Å²) in [5, 5.41) is 0. The van der Waals surface area contributed by atoms with Crippen LogP contribution >= 0.6 is 0 Å². The largest absolute Gasteiger partial charge is 0.494 e. The minimum Gasteiger partial charge on any atom is -0.494 e. The second-order valence-electron chi connectivity index (χ2n) is 3.51. The molecule has 5 heteroatoms. The maximum absolute atomic E-state index is 10.7. The van der Waals surface area contributed by atoms with Gasteiger partial charge in [-0.15, -0.1) is 0 Å². The highest BCUT2D eigenvalue weighted by atomic mass is 16.5. The Hall–Kier alpha value is -2.56. The zero-order chi connectivity index (χ0) is 13.0. The number of benzene rings is 1. The van der Waals surface area contributed by atoms with Crippen LogP contribution in [0.25, 0.3) is 11.3 Å². The first-order valence-corrected chi connectivity index (χ1v) is 5.27. The number of carbonyl (C=O) groups is 1. The van der Waals surface area contributed by atoms with Crippen molar-refractivity contribution in [3.05, 3.63) is 42.6 Å². The van der Waals surface area contributed by atoms with Crippen LogP contribution in [0.4, 0.5) is 4.79 Å². The van der Waals surface area contributed by atoms with Crippen LogP contribution in [-0.4, -0.2) is 18.2 Å². The smallest absolute Gasteiger partial charge is 0.410 e. The van der Waals surface area contributed by atoms with Crippen LogP contribution in [0.3, 0.4) is 0 Å². The van der Waals surface area contributed by atoms with E-state index < -0.39 is 6.09 Å². The Morgan fingerprint density at radius 1 is 1.28 bits per heavy atom. The van der Waals surface area contributed by atoms with E-state index in [9.17, 15) is 4.79 Å². The molecular weight excluding hydrogens is 232 g/mol. The fourth-order valence-electron chi connectivity index (χ4n) is 1.57. The molecule has 1 aromatic carbocycles. The molecule has 0 saturated heterocycles. The monoisotopic (exact) mass is 244 g/mol. The Kier molecular flexibility index (Phi) is 3.43. The van der Waals surface area contributed by atoms with Gasteiger partial charge in [-0.1, -0.05) is 30.3 Å². The Morgan fingerprint density at radius 3 is 2.61 bits per heavy atom. The number of rotatable bonds is 3. The standard InChI is InChI=1S/C13H12N2O3/c1-17-11-7-10(18-13(14)16)8-15-12(11)9-5-3-2-4-6-9/h2-8H,1H3,(H2,14,16). The van der Waals surface area contributed by atoms with Gasteiger partial charge in [0, 0.05) is 11.6 Å². The van der Waals surface area contributed by atoms with Crippen LogP contribution in [0.15, 0.2) is 42.6 Å². The predicted octanol–water partition coefficient (Wildman–Crippen LogP) is 2.21. The van der Waals surface area contributed by atoms with Crippen molar-refractivity contribution in [2.75, 3.05) is 7.11 Å². The van der Waals surface area contributed by atoms with Gasteiger partial charge in [-0.2, -0.15) is 0 Å². The fraction of sp³-hybridized carbons (Fsp3) is 0.0769. The van der Waals surface area contributed by atoms with E-state index in [4.69, 9.17) is 15.2 Å². The Bertz CT molecular complexity index is 555. The van der Waals surface area contributed by atoms with Crippen LogP contribution < -0.4 is 15.2 Å². The molecule has 0 bridgehead atoms. The maximum Gasteiger partial charge on any atom is 0.410 e. The van der Waals surface area contributed by atoms with E-state index in [-0.39, 0.29) is 5.75 Å². The summed E-state index contributed by atoms with van der Waals surface area (Å²) in [6.45, 7) is 0. The van der Waals surface area contributed by atoms with Gasteiger partial charge in [-0.25, -0.2) is 9.78 Å². The molecule has 92 valence electrons. The van der Waals surface area contributed by atoms with Crippen molar-refractivity contribution in [1.82, 2.24) is 4.98 Å². The zero-order valence-corrected chi connectivity index (χ0v) is 9.79. The van der Waals surface area contributed by atoms with Crippen molar-refractivity contribution < 1.29 is 14.3 Å². The van der Waals surface area contributed by atoms with E-state index in [0.29, 0.717) is 11.4 Å². The molecule has 0 aliphatic carbocycles. The summed E-state index contributed by atoms with van der Waals surface area (Å²) in [7, 11) is 1.53. The first-order valence-electron chi connectivity index (χ1n) is 5.27. The lowest BCUT2D eigenvalue weighted by Crippen LogP contribution is -2.16. The molecule has 0 aliphatic rings. The molecule has 0 atom stereocenters. The number of amides is 1. The molecule has 2 N–H and O–H groups in total. The van der Waals surface area contributed by atoms with E-state index in [0.717, 1.165) is 5.56 Å². The number of ether oxygens (including phenoxy) is 2. The van der Waals surface area contributed by atoms with Gasteiger partial charge in [0.2, 0.25) is 0 Å². The van der Waals surface area contributed by atoms with Crippen LogP contribution in [0, 0.1) is 0 Å². The highest BCUT2D eigenvalue weighted by Gasteiger charge is 2.10. The molecule has 5 nitrogen and oxygen atoms in total. The second-order valence-corrected chi connectivity index (χ2v) is 3.51. The third-order valence-electron chi connectivity index (χ3n) is 2.31. The molecule has 0 fully saturated rings. The van der Waals surface area contributed by atoms with Crippen LogP contribution in [0.1, 0.15) is 0 Å². The topological polar surface area (TPSA) is 74.4 Å². The summed E-state index contributed by atoms with van der Waals surface area (Å²) in [6.07, 6.45) is 0.543. The van der Waals surface area contributed by atoms with Crippen molar-refractivity contribution in [2.45, 2.75) is 0 Å². The van der Waals surface area contributed by atoms with Crippen molar-refractivity contribution in [3.63, 3.8) is 0 Å². The number of aromatic nitrogens is 1. The molecule has 2 rings (SSSR count). The van der Waals surface area contributed by atoms with Gasteiger partial charge in [0.05, 0.1) is 13.3 Å². The lowest BCUT2D eigenvalue weighted by Gasteiger charge is -2.09. The molecule has 1 amide bonds. The molecule has 0 spiro atoms. The maximum atomic E-state index is 10.7. The normalized spacial score (nSPS) is 9.83. The molecule has 0 radical (unpaired) electrons. The van der Waals surface area contributed by atoms with Crippen LogP contribution in [-0.2, 0) is 0 Å². The number of methoxy groups -OCH3 is 1. The summed E-state index contributed by atoms with van der Waals surface area (Å²) < 4.78 is 9.97. The number of primary amides is 1. The molecule has 1 aromatic heterocycles. The second kappa shape index (κ2) is 5.18. The van der Waals surface area contributed by atoms with Crippen molar-refractivity contribution in [1.29, 1.82) is 0 Å². The van der Waals surface area contributed by atoms with Crippen LogP contribution in [0.2, 0.25) is 0 Å². The first-order chi connectivity index (χ1) is 8.70. The Labute approximate surface area is 104 Å². The average Bonchev–Trinajstić information content (AvgIpc) is 2.39. The van der Waals surface area contributed by atoms with Gasteiger partial charge in [-0.3, -0.25) is 0 Å². The third-order valence-corrected chi connectivity index (χ3v) is 2.31. The molecule has 0 saturated carbocycles. The average molecular weight is 244 g/mol. The van der Waals surface area contributed by atoms with Gasteiger partial charge in [0.15, 0.2) is 5.75 Å².